The first-order chi connectivity index (χ1) is 11.5. The molecule has 1 aliphatic rings. The van der Waals surface area contributed by atoms with Crippen molar-refractivity contribution in [3.05, 3.63) is 48.0 Å². The summed E-state index contributed by atoms with van der Waals surface area (Å²) in [6, 6.07) is 7.18. The average molecular weight is 330 g/mol. The molecule has 2 aromatic rings. The first kappa shape index (κ1) is 17.1. The molecule has 0 radical (unpaired) electrons. The van der Waals surface area contributed by atoms with Gasteiger partial charge in [-0.1, -0.05) is 6.07 Å². The summed E-state index contributed by atoms with van der Waals surface area (Å²) in [6.07, 6.45) is 6.39. The average Bonchev–Trinajstić information content (AvgIpc) is 3.03. The van der Waals surface area contributed by atoms with Gasteiger partial charge in [0.25, 0.3) is 0 Å². The summed E-state index contributed by atoms with van der Waals surface area (Å²) in [6.45, 7) is 5.50. The van der Waals surface area contributed by atoms with Crippen LogP contribution in [0.2, 0.25) is 0 Å². The number of benzene rings is 1. The minimum Gasteiger partial charge on any atom is -0.306 e. The topological polar surface area (TPSA) is 24.3 Å². The first-order valence-electron chi connectivity index (χ1n) is 8.71. The molecule has 2 heterocycles. The molecule has 1 atom stereocenters. The third-order valence-corrected chi connectivity index (χ3v) is 5.24. The van der Waals surface area contributed by atoms with Gasteiger partial charge in [0.2, 0.25) is 0 Å². The zero-order valence-electron chi connectivity index (χ0n) is 14.8. The number of nitrogens with zero attached hydrogens (tertiary/aromatic N) is 4. The molecule has 3 rings (SSSR count). The van der Waals surface area contributed by atoms with Crippen molar-refractivity contribution in [2.45, 2.75) is 32.4 Å². The Labute approximate surface area is 143 Å². The van der Waals surface area contributed by atoms with E-state index in [0.29, 0.717) is 6.04 Å². The van der Waals surface area contributed by atoms with Gasteiger partial charge in [0.1, 0.15) is 5.82 Å². The molecule has 1 aromatic heterocycles. The number of rotatable bonds is 5. The number of halogens is 1. The molecule has 0 aliphatic carbocycles. The van der Waals surface area contributed by atoms with E-state index in [2.05, 4.69) is 35.9 Å². The summed E-state index contributed by atoms with van der Waals surface area (Å²) in [5.41, 5.74) is 1.94. The fourth-order valence-electron chi connectivity index (χ4n) is 3.47. The van der Waals surface area contributed by atoms with Gasteiger partial charge < -0.3 is 4.90 Å². The van der Waals surface area contributed by atoms with Gasteiger partial charge in [0.15, 0.2) is 0 Å². The van der Waals surface area contributed by atoms with Crippen molar-refractivity contribution in [1.29, 1.82) is 0 Å². The van der Waals surface area contributed by atoms with E-state index in [4.69, 9.17) is 0 Å². The van der Waals surface area contributed by atoms with Crippen LogP contribution in [0.4, 0.5) is 4.39 Å². The Hall–Kier alpha value is -1.72. The zero-order chi connectivity index (χ0) is 17.1. The molecule has 0 spiro atoms. The SMILES string of the molecule is C[C@@H](C1CCN(Cc2cnn(-c3cccc(F)c3)c2)CC1)N(C)C. The van der Waals surface area contributed by atoms with Crippen LogP contribution >= 0.6 is 0 Å². The maximum Gasteiger partial charge on any atom is 0.125 e. The molecular weight excluding hydrogens is 303 g/mol. The van der Waals surface area contributed by atoms with Crippen LogP contribution in [-0.4, -0.2) is 52.8 Å². The molecule has 1 aromatic carbocycles. The summed E-state index contributed by atoms with van der Waals surface area (Å²) >= 11 is 0. The van der Waals surface area contributed by atoms with Crippen molar-refractivity contribution < 1.29 is 4.39 Å². The van der Waals surface area contributed by atoms with Gasteiger partial charge in [0.05, 0.1) is 11.9 Å². The second-order valence-corrected chi connectivity index (χ2v) is 7.09. The lowest BCUT2D eigenvalue weighted by atomic mass is 9.89. The van der Waals surface area contributed by atoms with E-state index in [9.17, 15) is 4.39 Å². The van der Waals surface area contributed by atoms with Gasteiger partial charge in [-0.05, 0) is 71.1 Å². The van der Waals surface area contributed by atoms with E-state index in [1.807, 2.05) is 18.5 Å². The maximum absolute atomic E-state index is 13.3. The molecule has 0 bridgehead atoms. The Bertz CT molecular complexity index is 659. The van der Waals surface area contributed by atoms with Gasteiger partial charge >= 0.3 is 0 Å². The lowest BCUT2D eigenvalue weighted by Gasteiger charge is -2.37. The van der Waals surface area contributed by atoms with E-state index < -0.39 is 0 Å². The molecule has 0 amide bonds. The third-order valence-electron chi connectivity index (χ3n) is 5.24. The fourth-order valence-corrected chi connectivity index (χ4v) is 3.47. The van der Waals surface area contributed by atoms with Crippen LogP contribution in [0.1, 0.15) is 25.3 Å². The third kappa shape index (κ3) is 4.02. The largest absolute Gasteiger partial charge is 0.306 e. The first-order valence-corrected chi connectivity index (χ1v) is 8.71. The Morgan fingerprint density at radius 3 is 2.71 bits per heavy atom. The van der Waals surface area contributed by atoms with Crippen LogP contribution in [0, 0.1) is 11.7 Å². The standard InChI is InChI=1S/C19H27FN4/c1-15(22(2)3)17-7-9-23(10-8-17)13-16-12-21-24(14-16)19-6-4-5-18(20)11-19/h4-6,11-12,14-15,17H,7-10,13H2,1-3H3/t15-/m0/s1. The molecule has 1 fully saturated rings. The van der Waals surface area contributed by atoms with Crippen LogP contribution in [0.25, 0.3) is 5.69 Å². The number of hydrogen-bond acceptors (Lipinski definition) is 3. The molecule has 130 valence electrons. The molecule has 4 nitrogen and oxygen atoms in total. The molecule has 0 N–H and O–H groups in total. The second-order valence-electron chi connectivity index (χ2n) is 7.09. The Morgan fingerprint density at radius 1 is 1.29 bits per heavy atom. The molecule has 0 unspecified atom stereocenters. The van der Waals surface area contributed by atoms with Gasteiger partial charge in [-0.2, -0.15) is 5.10 Å². The Morgan fingerprint density at radius 2 is 2.04 bits per heavy atom. The second kappa shape index (κ2) is 7.45. The zero-order valence-corrected chi connectivity index (χ0v) is 14.8. The van der Waals surface area contributed by atoms with Crippen molar-refractivity contribution >= 4 is 0 Å². The number of likely N-dealkylation sites (tertiary alicyclic amines) is 1. The molecular formula is C19H27FN4. The minimum atomic E-state index is -0.235. The predicted molar refractivity (Wildman–Crippen MR) is 94.7 cm³/mol. The monoisotopic (exact) mass is 330 g/mol. The van der Waals surface area contributed by atoms with Crippen molar-refractivity contribution in [3.63, 3.8) is 0 Å². The van der Waals surface area contributed by atoms with E-state index in [-0.39, 0.29) is 5.82 Å². The van der Waals surface area contributed by atoms with Crippen molar-refractivity contribution in [1.82, 2.24) is 19.6 Å². The highest BCUT2D eigenvalue weighted by Crippen LogP contribution is 2.24. The van der Waals surface area contributed by atoms with Crippen molar-refractivity contribution in [3.8, 4) is 5.69 Å². The van der Waals surface area contributed by atoms with Crippen molar-refractivity contribution in [2.24, 2.45) is 5.92 Å². The summed E-state index contributed by atoms with van der Waals surface area (Å²) in [5, 5.41) is 4.38. The van der Waals surface area contributed by atoms with E-state index >= 15 is 0 Å². The number of aromatic nitrogens is 2. The molecule has 5 heteroatoms. The smallest absolute Gasteiger partial charge is 0.125 e. The highest BCUT2D eigenvalue weighted by atomic mass is 19.1. The summed E-state index contributed by atoms with van der Waals surface area (Å²) < 4.78 is 15.1. The quantitative estimate of drug-likeness (QED) is 0.841. The Balaban J connectivity index is 1.57. The van der Waals surface area contributed by atoms with Crippen LogP contribution in [-0.2, 0) is 6.54 Å². The molecule has 1 aliphatic heterocycles. The van der Waals surface area contributed by atoms with Gasteiger partial charge in [0, 0.05) is 24.3 Å². The van der Waals surface area contributed by atoms with E-state index in [0.717, 1.165) is 31.2 Å². The van der Waals surface area contributed by atoms with E-state index in [1.165, 1.54) is 30.5 Å². The van der Waals surface area contributed by atoms with Crippen LogP contribution in [0.15, 0.2) is 36.7 Å². The van der Waals surface area contributed by atoms with Gasteiger partial charge in [-0.25, -0.2) is 9.07 Å². The molecule has 1 saturated heterocycles. The fraction of sp³-hybridized carbons (Fsp3) is 0.526. The highest BCUT2D eigenvalue weighted by Gasteiger charge is 2.25. The normalized spacial score (nSPS) is 18.2. The minimum absolute atomic E-state index is 0.235. The lowest BCUT2D eigenvalue weighted by Crippen LogP contribution is -2.41. The van der Waals surface area contributed by atoms with Crippen LogP contribution < -0.4 is 0 Å². The molecule has 24 heavy (non-hydrogen) atoms. The van der Waals surface area contributed by atoms with Crippen LogP contribution in [0.3, 0.4) is 0 Å². The van der Waals surface area contributed by atoms with Crippen LogP contribution in [0.5, 0.6) is 0 Å². The number of piperidine rings is 1. The van der Waals surface area contributed by atoms with Gasteiger partial charge in [-0.3, -0.25) is 4.90 Å². The molecule has 0 saturated carbocycles. The highest BCUT2D eigenvalue weighted by molar-refractivity contribution is 5.31. The summed E-state index contributed by atoms with van der Waals surface area (Å²) in [4.78, 5) is 4.81. The van der Waals surface area contributed by atoms with Gasteiger partial charge in [-0.15, -0.1) is 0 Å². The lowest BCUT2D eigenvalue weighted by molar-refractivity contribution is 0.121. The predicted octanol–water partition coefficient (Wildman–Crippen LogP) is 3.17. The Kier molecular flexibility index (Phi) is 5.31. The summed E-state index contributed by atoms with van der Waals surface area (Å²) in [5.74, 6) is 0.549. The maximum atomic E-state index is 13.3. The van der Waals surface area contributed by atoms with E-state index in [1.54, 1.807) is 10.7 Å². The summed E-state index contributed by atoms with van der Waals surface area (Å²) in [7, 11) is 4.33. The number of hydrogen-bond donors (Lipinski definition) is 0. The van der Waals surface area contributed by atoms with Crippen molar-refractivity contribution in [2.75, 3.05) is 27.2 Å².